The molecule has 0 amide bonds. The first kappa shape index (κ1) is 11.5. The van der Waals surface area contributed by atoms with Gasteiger partial charge in [-0.05, 0) is 18.1 Å². The highest BCUT2D eigenvalue weighted by atomic mass is 15.0. The predicted octanol–water partition coefficient (Wildman–Crippen LogP) is 2.70. The third-order valence-electron chi connectivity index (χ3n) is 2.65. The average Bonchev–Trinajstić information content (AvgIpc) is 2.38. The Kier molecular flexibility index (Phi) is 3.32. The lowest BCUT2D eigenvalue weighted by Crippen LogP contribution is -2.04. The summed E-state index contributed by atoms with van der Waals surface area (Å²) in [6, 6.07) is 3.93. The summed E-state index contributed by atoms with van der Waals surface area (Å²) in [5, 5.41) is 3.12. The molecular formula is C13H16N4. The summed E-state index contributed by atoms with van der Waals surface area (Å²) in [6.45, 7) is 4.29. The number of rotatable bonds is 3. The highest BCUT2D eigenvalue weighted by Crippen LogP contribution is 2.31. The Bertz CT molecular complexity index is 494. The molecule has 4 nitrogen and oxygen atoms in total. The van der Waals surface area contributed by atoms with Crippen molar-refractivity contribution < 1.29 is 0 Å². The first-order valence-electron chi connectivity index (χ1n) is 5.67. The van der Waals surface area contributed by atoms with Crippen LogP contribution in [0.5, 0.6) is 0 Å². The highest BCUT2D eigenvalue weighted by Gasteiger charge is 2.15. The molecule has 0 aromatic carbocycles. The summed E-state index contributed by atoms with van der Waals surface area (Å²) in [5.41, 5.74) is 3.19. The van der Waals surface area contributed by atoms with Gasteiger partial charge in [-0.1, -0.05) is 13.8 Å². The van der Waals surface area contributed by atoms with E-state index in [2.05, 4.69) is 34.1 Å². The Morgan fingerprint density at radius 3 is 2.41 bits per heavy atom. The van der Waals surface area contributed by atoms with Gasteiger partial charge < -0.3 is 5.32 Å². The van der Waals surface area contributed by atoms with Gasteiger partial charge in [0.05, 0.1) is 5.69 Å². The molecule has 0 aliphatic rings. The van der Waals surface area contributed by atoms with Crippen LogP contribution in [-0.2, 0) is 0 Å². The number of aromatic nitrogens is 3. The fourth-order valence-electron chi connectivity index (χ4n) is 1.88. The van der Waals surface area contributed by atoms with Crippen LogP contribution in [0.25, 0.3) is 11.3 Å². The van der Waals surface area contributed by atoms with Crippen LogP contribution in [0.2, 0.25) is 0 Å². The van der Waals surface area contributed by atoms with Crippen LogP contribution in [0.1, 0.15) is 25.3 Å². The molecule has 0 atom stereocenters. The fraction of sp³-hybridized carbons (Fsp3) is 0.308. The normalized spacial score (nSPS) is 10.6. The molecule has 2 rings (SSSR count). The molecule has 0 aliphatic carbocycles. The number of hydrogen-bond donors (Lipinski definition) is 1. The van der Waals surface area contributed by atoms with E-state index >= 15 is 0 Å². The molecule has 2 aromatic rings. The first-order valence-corrected chi connectivity index (χ1v) is 5.67. The highest BCUT2D eigenvalue weighted by molar-refractivity contribution is 5.68. The molecule has 4 heteroatoms. The van der Waals surface area contributed by atoms with Crippen molar-refractivity contribution in [3.63, 3.8) is 0 Å². The van der Waals surface area contributed by atoms with Gasteiger partial charge in [-0.15, -0.1) is 0 Å². The lowest BCUT2D eigenvalue weighted by Gasteiger charge is -2.15. The van der Waals surface area contributed by atoms with Gasteiger partial charge in [0.2, 0.25) is 0 Å². The molecule has 0 fully saturated rings. The molecule has 88 valence electrons. The summed E-state index contributed by atoms with van der Waals surface area (Å²) in [4.78, 5) is 12.7. The molecule has 2 aromatic heterocycles. The van der Waals surface area contributed by atoms with E-state index in [1.807, 2.05) is 19.2 Å². The third-order valence-corrected chi connectivity index (χ3v) is 2.65. The lowest BCUT2D eigenvalue weighted by molar-refractivity contribution is 0.852. The van der Waals surface area contributed by atoms with Crippen LogP contribution >= 0.6 is 0 Å². The van der Waals surface area contributed by atoms with Crippen LogP contribution in [0.4, 0.5) is 5.82 Å². The maximum absolute atomic E-state index is 4.40. The molecule has 0 unspecified atom stereocenters. The summed E-state index contributed by atoms with van der Waals surface area (Å²) >= 11 is 0. The van der Waals surface area contributed by atoms with Crippen molar-refractivity contribution in [1.29, 1.82) is 0 Å². The topological polar surface area (TPSA) is 50.7 Å². The number of hydrogen-bond acceptors (Lipinski definition) is 4. The second kappa shape index (κ2) is 4.91. The summed E-state index contributed by atoms with van der Waals surface area (Å²) in [6.07, 6.45) is 5.15. The van der Waals surface area contributed by atoms with Crippen molar-refractivity contribution in [1.82, 2.24) is 15.0 Å². The maximum Gasteiger partial charge on any atom is 0.133 e. The molecule has 0 saturated carbocycles. The minimum Gasteiger partial charge on any atom is -0.373 e. The van der Waals surface area contributed by atoms with Crippen LogP contribution in [0, 0.1) is 0 Å². The minimum atomic E-state index is 0.363. The second-order valence-electron chi connectivity index (χ2n) is 4.13. The van der Waals surface area contributed by atoms with Crippen LogP contribution in [0.3, 0.4) is 0 Å². The molecule has 0 saturated heterocycles. The molecular weight excluding hydrogens is 212 g/mol. The summed E-state index contributed by atoms with van der Waals surface area (Å²) in [5.74, 6) is 1.25. The number of nitrogens with zero attached hydrogens (tertiary/aromatic N) is 3. The molecule has 0 aliphatic heterocycles. The van der Waals surface area contributed by atoms with Crippen molar-refractivity contribution in [3.8, 4) is 11.3 Å². The lowest BCUT2D eigenvalue weighted by atomic mass is 9.98. The first-order chi connectivity index (χ1) is 8.24. The standard InChI is InChI=1S/C13H16N4/c1-9(2)11-12(10-4-6-15-7-5-10)16-8-17-13(11)14-3/h4-9H,1-3H3,(H,14,16,17). The maximum atomic E-state index is 4.40. The van der Waals surface area contributed by atoms with Gasteiger partial charge in [0.1, 0.15) is 12.1 Å². The van der Waals surface area contributed by atoms with Gasteiger partial charge in [-0.2, -0.15) is 0 Å². The monoisotopic (exact) mass is 228 g/mol. The zero-order valence-electron chi connectivity index (χ0n) is 10.3. The second-order valence-corrected chi connectivity index (χ2v) is 4.13. The molecule has 2 heterocycles. The molecule has 0 spiro atoms. The van der Waals surface area contributed by atoms with Crippen molar-refractivity contribution >= 4 is 5.82 Å². The number of nitrogens with one attached hydrogen (secondary N) is 1. The number of pyridine rings is 1. The Hall–Kier alpha value is -1.97. The van der Waals surface area contributed by atoms with Crippen molar-refractivity contribution in [3.05, 3.63) is 36.4 Å². The van der Waals surface area contributed by atoms with Crippen molar-refractivity contribution in [2.75, 3.05) is 12.4 Å². The quantitative estimate of drug-likeness (QED) is 0.877. The third kappa shape index (κ3) is 2.25. The summed E-state index contributed by atoms with van der Waals surface area (Å²) < 4.78 is 0. The fourth-order valence-corrected chi connectivity index (χ4v) is 1.88. The Morgan fingerprint density at radius 2 is 1.82 bits per heavy atom. The smallest absolute Gasteiger partial charge is 0.133 e. The van der Waals surface area contributed by atoms with Gasteiger partial charge in [0, 0.05) is 30.6 Å². The van der Waals surface area contributed by atoms with E-state index in [1.54, 1.807) is 18.7 Å². The van der Waals surface area contributed by atoms with E-state index in [1.165, 1.54) is 0 Å². The van der Waals surface area contributed by atoms with Crippen LogP contribution < -0.4 is 5.32 Å². The van der Waals surface area contributed by atoms with Gasteiger partial charge in [-0.3, -0.25) is 4.98 Å². The van der Waals surface area contributed by atoms with E-state index in [0.29, 0.717) is 5.92 Å². The Balaban J connectivity index is 2.62. The van der Waals surface area contributed by atoms with E-state index in [9.17, 15) is 0 Å². The van der Waals surface area contributed by atoms with Gasteiger partial charge >= 0.3 is 0 Å². The van der Waals surface area contributed by atoms with Gasteiger partial charge in [-0.25, -0.2) is 9.97 Å². The van der Waals surface area contributed by atoms with E-state index in [-0.39, 0.29) is 0 Å². The van der Waals surface area contributed by atoms with Crippen molar-refractivity contribution in [2.24, 2.45) is 0 Å². The largest absolute Gasteiger partial charge is 0.373 e. The Labute approximate surface area is 101 Å². The minimum absolute atomic E-state index is 0.363. The van der Waals surface area contributed by atoms with Crippen LogP contribution in [-0.4, -0.2) is 22.0 Å². The van der Waals surface area contributed by atoms with Crippen LogP contribution in [0.15, 0.2) is 30.9 Å². The van der Waals surface area contributed by atoms with E-state index in [4.69, 9.17) is 0 Å². The van der Waals surface area contributed by atoms with E-state index < -0.39 is 0 Å². The molecule has 17 heavy (non-hydrogen) atoms. The molecule has 1 N–H and O–H groups in total. The van der Waals surface area contributed by atoms with Gasteiger partial charge in [0.15, 0.2) is 0 Å². The number of anilines is 1. The van der Waals surface area contributed by atoms with Crippen molar-refractivity contribution in [2.45, 2.75) is 19.8 Å². The zero-order chi connectivity index (χ0) is 12.3. The molecule has 0 bridgehead atoms. The Morgan fingerprint density at radius 1 is 1.12 bits per heavy atom. The predicted molar refractivity (Wildman–Crippen MR) is 68.9 cm³/mol. The van der Waals surface area contributed by atoms with E-state index in [0.717, 1.165) is 22.6 Å². The molecule has 0 radical (unpaired) electrons. The summed E-state index contributed by atoms with van der Waals surface area (Å²) in [7, 11) is 1.88. The van der Waals surface area contributed by atoms with Gasteiger partial charge in [0.25, 0.3) is 0 Å². The average molecular weight is 228 g/mol. The zero-order valence-corrected chi connectivity index (χ0v) is 10.3. The SMILES string of the molecule is CNc1ncnc(-c2ccncc2)c1C(C)C.